The van der Waals surface area contributed by atoms with E-state index in [0.717, 1.165) is 70.9 Å². The summed E-state index contributed by atoms with van der Waals surface area (Å²) in [4.78, 5) is 37.5. The summed E-state index contributed by atoms with van der Waals surface area (Å²) in [5.41, 5.74) is 4.82. The lowest BCUT2D eigenvalue weighted by molar-refractivity contribution is -0.153. The van der Waals surface area contributed by atoms with E-state index in [2.05, 4.69) is 21.4 Å². The number of aromatic nitrogens is 1. The zero-order valence-electron chi connectivity index (χ0n) is 26.3. The van der Waals surface area contributed by atoms with Crippen LogP contribution >= 0.6 is 11.8 Å². The number of benzene rings is 1. The molecule has 5 rings (SSSR count). The number of allylic oxidation sites excluding steroid dienone is 3. The highest BCUT2D eigenvalue weighted by Gasteiger charge is 2.40. The maximum Gasteiger partial charge on any atom is 0.431 e. The van der Waals surface area contributed by atoms with Crippen molar-refractivity contribution in [2.75, 3.05) is 13.7 Å². The van der Waals surface area contributed by atoms with Gasteiger partial charge in [-0.05, 0) is 88.0 Å². The van der Waals surface area contributed by atoms with Crippen molar-refractivity contribution in [1.29, 1.82) is 0 Å². The van der Waals surface area contributed by atoms with Crippen molar-refractivity contribution in [2.24, 2.45) is 16.3 Å². The van der Waals surface area contributed by atoms with Gasteiger partial charge in [0.15, 0.2) is 0 Å². The number of pyridine rings is 1. The van der Waals surface area contributed by atoms with Crippen molar-refractivity contribution in [2.45, 2.75) is 77.9 Å². The third kappa shape index (κ3) is 6.98. The van der Waals surface area contributed by atoms with Gasteiger partial charge in [0, 0.05) is 23.9 Å². The molecule has 45 heavy (non-hydrogen) atoms. The number of aliphatic imine (C=N–C) groups is 1. The van der Waals surface area contributed by atoms with E-state index in [1.807, 2.05) is 52.0 Å². The molecule has 2 atom stereocenters. The van der Waals surface area contributed by atoms with Crippen molar-refractivity contribution < 1.29 is 27.5 Å². The number of nitrogens with one attached hydrogen (secondary N) is 1. The lowest BCUT2D eigenvalue weighted by Crippen LogP contribution is -2.41. The zero-order chi connectivity index (χ0) is 32.5. The molecule has 1 N–H and O–H groups in total. The van der Waals surface area contributed by atoms with Gasteiger partial charge in [-0.15, -0.1) is 11.8 Å². The zero-order valence-corrected chi connectivity index (χ0v) is 27.1. The van der Waals surface area contributed by atoms with Gasteiger partial charge in [0.2, 0.25) is 0 Å². The van der Waals surface area contributed by atoms with E-state index in [0.29, 0.717) is 23.2 Å². The number of carbonyl (C=O) groups is 2. The number of aryl methyl sites for hydroxylation is 2. The number of hydrogen-bond donors (Lipinski definition) is 1. The van der Waals surface area contributed by atoms with Crippen molar-refractivity contribution in [3.8, 4) is 0 Å². The van der Waals surface area contributed by atoms with Gasteiger partial charge in [-0.25, -0.2) is 0 Å². The van der Waals surface area contributed by atoms with E-state index < -0.39 is 22.7 Å². The van der Waals surface area contributed by atoms with Crippen LogP contribution in [0.5, 0.6) is 0 Å². The first kappa shape index (κ1) is 32.8. The Morgan fingerprint density at radius 2 is 1.87 bits per heavy atom. The van der Waals surface area contributed by atoms with Gasteiger partial charge in [-0.3, -0.25) is 19.6 Å². The molecule has 1 aliphatic carbocycles. The number of methoxy groups -OCH3 is 1. The van der Waals surface area contributed by atoms with Crippen LogP contribution < -0.4 is 5.32 Å². The van der Waals surface area contributed by atoms with Crippen LogP contribution in [0.2, 0.25) is 0 Å². The van der Waals surface area contributed by atoms with Gasteiger partial charge in [-0.2, -0.15) is 13.2 Å². The number of alkyl halides is 3. The van der Waals surface area contributed by atoms with Crippen LogP contribution in [-0.2, 0) is 22.5 Å². The molecule has 1 amide bonds. The molecule has 0 saturated carbocycles. The molecule has 7 nitrogen and oxygen atoms in total. The maximum atomic E-state index is 14.3. The first-order valence-corrected chi connectivity index (χ1v) is 16.1. The number of fused-ring (bicyclic) bond motifs is 1. The minimum atomic E-state index is -4.49. The van der Waals surface area contributed by atoms with Crippen LogP contribution in [0.15, 0.2) is 46.4 Å². The molecule has 1 aromatic heterocycles. The molecule has 0 bridgehead atoms. The predicted octanol–water partition coefficient (Wildman–Crippen LogP) is 7.44. The maximum absolute atomic E-state index is 14.3. The average molecular weight is 641 g/mol. The molecule has 0 radical (unpaired) electrons. The normalized spacial score (nSPS) is 19.7. The highest BCUT2D eigenvalue weighted by molar-refractivity contribution is 8.03. The standard InChI is InChI=1S/C34H39F3N4O3S/c1-20-21(2)39-26-10-7-15-38-30(26)29(20)31(42)41(18-28-40-27(19-45-28)34(35,36)37)17-22-11-13-23(14-12-22)24-8-6-9-25(16-24)33(3,4)32(43)44-5/h11-16,19,25,28,40H,6-10,17-18H2,1-5H3. The van der Waals surface area contributed by atoms with E-state index in [9.17, 15) is 22.8 Å². The molecule has 240 valence electrons. The minimum Gasteiger partial charge on any atom is -0.469 e. The number of rotatable bonds is 8. The molecule has 3 heterocycles. The summed E-state index contributed by atoms with van der Waals surface area (Å²) in [7, 11) is 1.41. The number of amides is 1. The van der Waals surface area contributed by atoms with E-state index in [1.54, 1.807) is 11.1 Å². The van der Waals surface area contributed by atoms with E-state index in [4.69, 9.17) is 4.74 Å². The number of esters is 1. The van der Waals surface area contributed by atoms with Crippen molar-refractivity contribution in [3.05, 3.63) is 75.1 Å². The van der Waals surface area contributed by atoms with Crippen LogP contribution in [0.3, 0.4) is 0 Å². The summed E-state index contributed by atoms with van der Waals surface area (Å²) in [5, 5.41) is 2.96. The number of hydrogen-bond acceptors (Lipinski definition) is 7. The Morgan fingerprint density at radius 3 is 2.53 bits per heavy atom. The van der Waals surface area contributed by atoms with Crippen LogP contribution in [0.4, 0.5) is 18.9 Å². The highest BCUT2D eigenvalue weighted by Crippen LogP contribution is 2.41. The first-order valence-electron chi connectivity index (χ1n) is 15.2. The molecule has 0 spiro atoms. The second-order valence-corrected chi connectivity index (χ2v) is 13.5. The second-order valence-electron chi connectivity index (χ2n) is 12.4. The fraction of sp³-hybridized carbons (Fsp3) is 0.471. The Hall–Kier alpha value is -3.60. The highest BCUT2D eigenvalue weighted by atomic mass is 32.2. The Kier molecular flexibility index (Phi) is 9.49. The molecule has 11 heteroatoms. The van der Waals surface area contributed by atoms with Gasteiger partial charge < -0.3 is 15.0 Å². The molecule has 2 unspecified atom stereocenters. The van der Waals surface area contributed by atoms with E-state index >= 15 is 0 Å². The number of carbonyl (C=O) groups excluding carboxylic acids is 2. The minimum absolute atomic E-state index is 0.0498. The largest absolute Gasteiger partial charge is 0.469 e. The third-order valence-corrected chi connectivity index (χ3v) is 9.99. The van der Waals surface area contributed by atoms with Crippen LogP contribution in [-0.4, -0.2) is 53.2 Å². The number of halogens is 3. The Balaban J connectivity index is 1.42. The summed E-state index contributed by atoms with van der Waals surface area (Å²) in [6.45, 7) is 7.78. The van der Waals surface area contributed by atoms with E-state index in [-0.39, 0.29) is 30.9 Å². The predicted molar refractivity (Wildman–Crippen MR) is 171 cm³/mol. The second kappa shape index (κ2) is 13.0. The molecule has 2 aliphatic heterocycles. The fourth-order valence-electron chi connectivity index (χ4n) is 6.17. The van der Waals surface area contributed by atoms with Crippen molar-refractivity contribution >= 4 is 41.1 Å². The lowest BCUT2D eigenvalue weighted by Gasteiger charge is -2.33. The van der Waals surface area contributed by atoms with Gasteiger partial charge in [0.05, 0.1) is 41.4 Å². The van der Waals surface area contributed by atoms with Gasteiger partial charge in [0.25, 0.3) is 5.91 Å². The monoisotopic (exact) mass is 640 g/mol. The molecular formula is C34H39F3N4O3S. The summed E-state index contributed by atoms with van der Waals surface area (Å²) >= 11 is 1.02. The average Bonchev–Trinajstić information content (AvgIpc) is 3.50. The van der Waals surface area contributed by atoms with Gasteiger partial charge in [0.1, 0.15) is 5.70 Å². The fourth-order valence-corrected chi connectivity index (χ4v) is 7.13. The summed E-state index contributed by atoms with van der Waals surface area (Å²) in [6, 6.07) is 7.94. The summed E-state index contributed by atoms with van der Waals surface area (Å²) < 4.78 is 45.2. The lowest BCUT2D eigenvalue weighted by atomic mass is 9.72. The number of thioether (sulfide) groups is 1. The first-order chi connectivity index (χ1) is 21.3. The smallest absolute Gasteiger partial charge is 0.431 e. The van der Waals surface area contributed by atoms with Crippen molar-refractivity contribution in [3.63, 3.8) is 0 Å². The molecule has 2 aromatic rings. The molecular weight excluding hydrogens is 601 g/mol. The Labute approximate surface area is 266 Å². The molecule has 0 fully saturated rings. The molecule has 0 saturated heterocycles. The van der Waals surface area contributed by atoms with Gasteiger partial charge >= 0.3 is 12.1 Å². The topological polar surface area (TPSA) is 83.9 Å². The number of nitrogens with zero attached hydrogens (tertiary/aromatic N) is 3. The van der Waals surface area contributed by atoms with Crippen LogP contribution in [0, 0.1) is 25.2 Å². The quantitative estimate of drug-likeness (QED) is 0.302. The number of ether oxygens (including phenoxy) is 1. The molecule has 3 aliphatic rings. The SMILES string of the molecule is COC(=O)C(C)(C)C1C=C(c2ccc(CN(CC3NC(C(F)(F)F)=CS3)C(=O)c3c(C)c(C)nc4c3N=CCC4)cc2)CCC1. The molecule has 1 aromatic carbocycles. The van der Waals surface area contributed by atoms with E-state index in [1.165, 1.54) is 7.11 Å². The third-order valence-electron chi connectivity index (χ3n) is 9.02. The van der Waals surface area contributed by atoms with Crippen molar-refractivity contribution in [1.82, 2.24) is 15.2 Å². The van der Waals surface area contributed by atoms with Crippen LogP contribution in [0.1, 0.15) is 78.0 Å². The van der Waals surface area contributed by atoms with Gasteiger partial charge in [-0.1, -0.05) is 30.3 Å². The summed E-state index contributed by atoms with van der Waals surface area (Å²) in [6.07, 6.45) is 3.63. The summed E-state index contributed by atoms with van der Waals surface area (Å²) in [5.74, 6) is -0.471. The Morgan fingerprint density at radius 1 is 1.13 bits per heavy atom. The van der Waals surface area contributed by atoms with Crippen LogP contribution in [0.25, 0.3) is 5.57 Å². The Bertz CT molecular complexity index is 1560.